The number of nitrogens with one attached hydrogen (secondary N) is 1. The van der Waals surface area contributed by atoms with Gasteiger partial charge in [0.05, 0.1) is 31.5 Å². The third kappa shape index (κ3) is 4.28. The van der Waals surface area contributed by atoms with Crippen molar-refractivity contribution in [3.8, 4) is 0 Å². The molecule has 0 radical (unpaired) electrons. The summed E-state index contributed by atoms with van der Waals surface area (Å²) < 4.78 is 50.1. The number of methoxy groups -OCH3 is 1. The Hall–Kier alpha value is -0.970. The van der Waals surface area contributed by atoms with Gasteiger partial charge in [0.1, 0.15) is 18.9 Å². The van der Waals surface area contributed by atoms with Crippen molar-refractivity contribution in [2.45, 2.75) is 30.8 Å². The standard InChI is InChI=1S/C12H21FN2O6S/c1-19-4-3-14-11-9(13)5-10(11)15-6-8(21-12(15)16)7-20-22(2,17)18/h8-11,14H,3-7H2,1-2H3/t8-,9?,10-,11?/m1/s1. The van der Waals surface area contributed by atoms with Gasteiger partial charge in [-0.05, 0) is 0 Å². The van der Waals surface area contributed by atoms with Gasteiger partial charge in [-0.2, -0.15) is 8.42 Å². The van der Waals surface area contributed by atoms with Crippen molar-refractivity contribution < 1.29 is 31.3 Å². The molecule has 8 nitrogen and oxygen atoms in total. The highest BCUT2D eigenvalue weighted by Crippen LogP contribution is 2.32. The van der Waals surface area contributed by atoms with E-state index < -0.39 is 34.5 Å². The zero-order valence-electron chi connectivity index (χ0n) is 12.5. The summed E-state index contributed by atoms with van der Waals surface area (Å²) in [4.78, 5) is 13.3. The number of carbonyl (C=O) groups is 1. The minimum absolute atomic E-state index is 0.189. The Labute approximate surface area is 129 Å². The monoisotopic (exact) mass is 340 g/mol. The van der Waals surface area contributed by atoms with Gasteiger partial charge in [-0.25, -0.2) is 9.18 Å². The largest absolute Gasteiger partial charge is 0.442 e. The zero-order valence-corrected chi connectivity index (χ0v) is 13.3. The Bertz CT molecular complexity index is 502. The Balaban J connectivity index is 1.85. The highest BCUT2D eigenvalue weighted by Gasteiger charge is 2.49. The van der Waals surface area contributed by atoms with Crippen molar-refractivity contribution in [1.29, 1.82) is 0 Å². The van der Waals surface area contributed by atoms with E-state index in [0.717, 1.165) is 6.26 Å². The van der Waals surface area contributed by atoms with Crippen LogP contribution in [0.25, 0.3) is 0 Å². The molecule has 1 heterocycles. The molecule has 1 N–H and O–H groups in total. The highest BCUT2D eigenvalue weighted by molar-refractivity contribution is 7.85. The Morgan fingerprint density at radius 1 is 1.50 bits per heavy atom. The van der Waals surface area contributed by atoms with E-state index in [-0.39, 0.29) is 25.6 Å². The molecule has 1 saturated carbocycles. The molecule has 4 atom stereocenters. The lowest BCUT2D eigenvalue weighted by Crippen LogP contribution is -2.64. The van der Waals surface area contributed by atoms with Crippen molar-refractivity contribution in [2.75, 3.05) is 39.7 Å². The van der Waals surface area contributed by atoms with Crippen LogP contribution in [-0.2, 0) is 23.8 Å². The fraction of sp³-hybridized carbons (Fsp3) is 0.917. The summed E-state index contributed by atoms with van der Waals surface area (Å²) in [6.07, 6.45) is -1.10. The normalized spacial score (nSPS) is 32.0. The second kappa shape index (κ2) is 7.07. The smallest absolute Gasteiger partial charge is 0.410 e. The fourth-order valence-corrected chi connectivity index (χ4v) is 2.98. The number of rotatable bonds is 8. The quantitative estimate of drug-likeness (QED) is 0.470. The maximum Gasteiger partial charge on any atom is 0.410 e. The molecule has 10 heteroatoms. The van der Waals surface area contributed by atoms with E-state index in [1.807, 2.05) is 0 Å². The summed E-state index contributed by atoms with van der Waals surface area (Å²) in [5.41, 5.74) is 0. The number of hydrogen-bond acceptors (Lipinski definition) is 7. The van der Waals surface area contributed by atoms with Crippen molar-refractivity contribution in [3.63, 3.8) is 0 Å². The Morgan fingerprint density at radius 3 is 2.82 bits per heavy atom. The molecule has 0 aromatic rings. The van der Waals surface area contributed by atoms with Gasteiger partial charge in [-0.3, -0.25) is 9.08 Å². The first-order valence-electron chi connectivity index (χ1n) is 7.00. The number of ether oxygens (including phenoxy) is 2. The SMILES string of the molecule is COCCNC1C(F)C[C@H]1N1C[C@H](COS(C)(=O)=O)OC1=O. The number of cyclic esters (lactones) is 1. The molecule has 0 spiro atoms. The maximum absolute atomic E-state index is 13.7. The van der Waals surface area contributed by atoms with Crippen LogP contribution >= 0.6 is 0 Å². The first-order chi connectivity index (χ1) is 10.3. The van der Waals surface area contributed by atoms with Crippen LogP contribution in [0.5, 0.6) is 0 Å². The summed E-state index contributed by atoms with van der Waals surface area (Å²) in [5.74, 6) is 0. The molecule has 1 aliphatic heterocycles. The first kappa shape index (κ1) is 17.4. The summed E-state index contributed by atoms with van der Waals surface area (Å²) in [6.45, 7) is 0.898. The van der Waals surface area contributed by atoms with E-state index in [2.05, 4.69) is 9.50 Å². The summed E-state index contributed by atoms with van der Waals surface area (Å²) in [5, 5.41) is 3.01. The number of amides is 1. The number of carbonyl (C=O) groups excluding carboxylic acids is 1. The van der Waals surface area contributed by atoms with Gasteiger partial charge in [0.15, 0.2) is 0 Å². The minimum Gasteiger partial charge on any atom is -0.442 e. The zero-order chi connectivity index (χ0) is 16.3. The maximum atomic E-state index is 13.7. The Morgan fingerprint density at radius 2 is 2.23 bits per heavy atom. The predicted octanol–water partition coefficient (Wildman–Crippen LogP) is -0.502. The number of halogens is 1. The lowest BCUT2D eigenvalue weighted by molar-refractivity contribution is 0.0313. The third-order valence-electron chi connectivity index (χ3n) is 3.73. The Kier molecular flexibility index (Phi) is 5.59. The average molecular weight is 340 g/mol. The molecule has 1 aliphatic carbocycles. The molecular weight excluding hydrogens is 319 g/mol. The van der Waals surface area contributed by atoms with Crippen molar-refractivity contribution in [3.05, 3.63) is 0 Å². The van der Waals surface area contributed by atoms with Gasteiger partial charge in [0, 0.05) is 20.1 Å². The number of nitrogens with zero attached hydrogens (tertiary/aromatic N) is 1. The highest BCUT2D eigenvalue weighted by atomic mass is 32.2. The summed E-state index contributed by atoms with van der Waals surface area (Å²) in [6, 6.07) is -0.764. The molecular formula is C12H21FN2O6S. The van der Waals surface area contributed by atoms with E-state index in [1.54, 1.807) is 7.11 Å². The molecule has 0 aromatic carbocycles. The van der Waals surface area contributed by atoms with Gasteiger partial charge in [-0.1, -0.05) is 0 Å². The molecule has 2 unspecified atom stereocenters. The van der Waals surface area contributed by atoms with Gasteiger partial charge in [0.2, 0.25) is 0 Å². The molecule has 2 fully saturated rings. The van der Waals surface area contributed by atoms with Gasteiger partial charge >= 0.3 is 6.09 Å². The average Bonchev–Trinajstić information content (AvgIpc) is 2.78. The van der Waals surface area contributed by atoms with E-state index in [4.69, 9.17) is 9.47 Å². The second-order valence-electron chi connectivity index (χ2n) is 5.44. The minimum atomic E-state index is -3.59. The summed E-state index contributed by atoms with van der Waals surface area (Å²) >= 11 is 0. The predicted molar refractivity (Wildman–Crippen MR) is 74.7 cm³/mol. The molecule has 2 rings (SSSR count). The van der Waals surface area contributed by atoms with Crippen LogP contribution in [-0.4, -0.2) is 83.4 Å². The van der Waals surface area contributed by atoms with Crippen molar-refractivity contribution in [1.82, 2.24) is 10.2 Å². The third-order valence-corrected chi connectivity index (χ3v) is 4.29. The lowest BCUT2D eigenvalue weighted by Gasteiger charge is -2.44. The van der Waals surface area contributed by atoms with E-state index in [0.29, 0.717) is 13.2 Å². The van der Waals surface area contributed by atoms with Crippen LogP contribution in [0.15, 0.2) is 0 Å². The van der Waals surface area contributed by atoms with E-state index >= 15 is 0 Å². The van der Waals surface area contributed by atoms with E-state index in [9.17, 15) is 17.6 Å². The van der Waals surface area contributed by atoms with Crippen molar-refractivity contribution >= 4 is 16.2 Å². The number of hydrogen-bond donors (Lipinski definition) is 1. The van der Waals surface area contributed by atoms with E-state index in [1.165, 1.54) is 4.90 Å². The van der Waals surface area contributed by atoms with Crippen LogP contribution in [0.1, 0.15) is 6.42 Å². The molecule has 22 heavy (non-hydrogen) atoms. The molecule has 0 bridgehead atoms. The van der Waals surface area contributed by atoms with Gasteiger partial charge < -0.3 is 14.8 Å². The van der Waals surface area contributed by atoms with Crippen LogP contribution < -0.4 is 5.32 Å². The lowest BCUT2D eigenvalue weighted by atomic mass is 9.83. The van der Waals surface area contributed by atoms with Crippen molar-refractivity contribution in [2.24, 2.45) is 0 Å². The van der Waals surface area contributed by atoms with Gasteiger partial charge in [0.25, 0.3) is 10.1 Å². The number of alkyl halides is 1. The topological polar surface area (TPSA) is 94.2 Å². The van der Waals surface area contributed by atoms with Crippen LogP contribution in [0.4, 0.5) is 9.18 Å². The fourth-order valence-electron chi connectivity index (χ4n) is 2.58. The van der Waals surface area contributed by atoms with Gasteiger partial charge in [-0.15, -0.1) is 0 Å². The molecule has 0 aromatic heterocycles. The summed E-state index contributed by atoms with van der Waals surface area (Å²) in [7, 11) is -2.04. The van der Waals surface area contributed by atoms with Crippen LogP contribution in [0.2, 0.25) is 0 Å². The molecule has 1 saturated heterocycles. The molecule has 128 valence electrons. The second-order valence-corrected chi connectivity index (χ2v) is 7.08. The molecule has 1 amide bonds. The molecule has 2 aliphatic rings. The van der Waals surface area contributed by atoms with Crippen LogP contribution in [0, 0.1) is 0 Å². The first-order valence-corrected chi connectivity index (χ1v) is 8.81. The van der Waals surface area contributed by atoms with Crippen LogP contribution in [0.3, 0.4) is 0 Å².